The monoisotopic (exact) mass is 841 g/mol. The predicted octanol–water partition coefficient (Wildman–Crippen LogP) is 5.16. The van der Waals surface area contributed by atoms with Crippen LogP contribution in [0.2, 0.25) is 5.02 Å². The van der Waals surface area contributed by atoms with Crippen molar-refractivity contribution < 1.29 is 32.3 Å². The van der Waals surface area contributed by atoms with Gasteiger partial charge in [0.05, 0.1) is 34.6 Å². The Labute approximate surface area is 346 Å². The molecule has 5 aromatic rings. The van der Waals surface area contributed by atoms with Gasteiger partial charge < -0.3 is 20.9 Å². The number of rotatable bonds is 8. The largest absolute Gasteiger partial charge is 0.385 e. The van der Waals surface area contributed by atoms with Gasteiger partial charge in [0.15, 0.2) is 11.5 Å². The van der Waals surface area contributed by atoms with Crippen molar-refractivity contribution in [1.82, 2.24) is 34.7 Å². The maximum absolute atomic E-state index is 16.0. The van der Waals surface area contributed by atoms with E-state index in [0.29, 0.717) is 46.8 Å². The van der Waals surface area contributed by atoms with Crippen molar-refractivity contribution in [3.05, 3.63) is 93.6 Å². The first-order chi connectivity index (χ1) is 28.7. The average Bonchev–Trinajstić information content (AvgIpc) is 3.84. The highest BCUT2D eigenvalue weighted by molar-refractivity contribution is 6.35. The van der Waals surface area contributed by atoms with E-state index in [9.17, 15) is 19.2 Å². The summed E-state index contributed by atoms with van der Waals surface area (Å²) in [5.41, 5.74) is 9.29. The topological polar surface area (TPSA) is 174 Å². The van der Waals surface area contributed by atoms with E-state index >= 15 is 13.2 Å². The Kier molecular flexibility index (Phi) is 9.46. The Bertz CT molecular complexity index is 2650. The van der Waals surface area contributed by atoms with Crippen LogP contribution in [0.5, 0.6) is 0 Å². The van der Waals surface area contributed by atoms with Gasteiger partial charge in [-0.25, -0.2) is 27.5 Å². The van der Waals surface area contributed by atoms with Crippen LogP contribution in [0.4, 0.5) is 40.8 Å². The number of carbonyl (C=O) groups is 4. The number of nitrogens with zero attached hydrogens (tertiary/aromatic N) is 8. The summed E-state index contributed by atoms with van der Waals surface area (Å²) in [5, 5.41) is 10.2. The summed E-state index contributed by atoms with van der Waals surface area (Å²) in [6.45, 7) is 1.92. The first-order valence-electron chi connectivity index (χ1n) is 19.4. The number of alkyl halides is 2. The molecule has 1 spiro atoms. The summed E-state index contributed by atoms with van der Waals surface area (Å²) in [7, 11) is 1.74. The minimum absolute atomic E-state index is 0.0505. The number of nitrogens with two attached hydrogens (primary N) is 1. The van der Waals surface area contributed by atoms with Crippen LogP contribution in [-0.2, 0) is 17.8 Å². The smallest absolute Gasteiger partial charge is 0.328 e. The summed E-state index contributed by atoms with van der Waals surface area (Å²) in [6.07, 6.45) is 3.63. The fourth-order valence-corrected chi connectivity index (χ4v) is 9.12. The summed E-state index contributed by atoms with van der Waals surface area (Å²) >= 11 is 6.49. The number of pyridine rings is 1. The lowest BCUT2D eigenvalue weighted by molar-refractivity contribution is -0.220. The zero-order chi connectivity index (χ0) is 42.2. The van der Waals surface area contributed by atoms with Gasteiger partial charge >= 0.3 is 6.03 Å². The Morgan fingerprint density at radius 1 is 0.983 bits per heavy atom. The molecule has 60 heavy (non-hydrogen) atoms. The number of aryl methyl sites for hydroxylation is 1. The van der Waals surface area contributed by atoms with Crippen LogP contribution in [0.15, 0.2) is 54.9 Å². The molecule has 0 bridgehead atoms. The normalized spacial score (nSPS) is 18.5. The van der Waals surface area contributed by atoms with Crippen molar-refractivity contribution in [2.75, 3.05) is 61.4 Å². The van der Waals surface area contributed by atoms with Crippen molar-refractivity contribution in [3.8, 4) is 11.3 Å². The number of carbonyl (C=O) groups excluding carboxylic acids is 4. The number of likely N-dealkylation sites (tertiary alicyclic amines) is 2. The quantitative estimate of drug-likeness (QED) is 0.190. The molecule has 0 saturated carbocycles. The first-order valence-corrected chi connectivity index (χ1v) is 19.8. The molecule has 3 aromatic heterocycles. The number of anilines is 4. The van der Waals surface area contributed by atoms with Crippen LogP contribution in [0.3, 0.4) is 0 Å². The van der Waals surface area contributed by atoms with Crippen molar-refractivity contribution in [3.63, 3.8) is 0 Å². The predicted molar refractivity (Wildman–Crippen MR) is 216 cm³/mol. The second kappa shape index (κ2) is 14.5. The Hall–Kier alpha value is -6.27. The second-order valence-electron chi connectivity index (χ2n) is 15.8. The molecule has 3 fully saturated rings. The van der Waals surface area contributed by atoms with Crippen LogP contribution in [0.1, 0.15) is 50.4 Å². The Morgan fingerprint density at radius 2 is 1.77 bits per heavy atom. The highest BCUT2D eigenvalue weighted by atomic mass is 35.5. The number of imidazole rings is 1. The molecule has 4 N–H and O–H groups in total. The van der Waals surface area contributed by atoms with E-state index in [1.54, 1.807) is 20.2 Å². The third-order valence-electron chi connectivity index (χ3n) is 12.0. The van der Waals surface area contributed by atoms with Gasteiger partial charge in [-0.1, -0.05) is 23.7 Å². The average molecular weight is 842 g/mol. The lowest BCUT2D eigenvalue weighted by atomic mass is 9.69. The maximum atomic E-state index is 16.0. The van der Waals surface area contributed by atoms with Gasteiger partial charge in [-0.3, -0.25) is 34.5 Å². The van der Waals surface area contributed by atoms with Crippen LogP contribution in [-0.4, -0.2) is 105 Å². The van der Waals surface area contributed by atoms with Gasteiger partial charge in [0, 0.05) is 81.8 Å². The number of fused-ring (bicyclic) bond motifs is 2. The molecular weight excluding hydrogens is 803 g/mol. The zero-order valence-corrected chi connectivity index (χ0v) is 33.3. The summed E-state index contributed by atoms with van der Waals surface area (Å²) < 4.78 is 49.3. The maximum Gasteiger partial charge on any atom is 0.328 e. The number of primary amides is 1. The summed E-state index contributed by atoms with van der Waals surface area (Å²) in [6, 6.07) is 11.0. The molecule has 15 nitrogen and oxygen atoms in total. The summed E-state index contributed by atoms with van der Waals surface area (Å²) in [4.78, 5) is 64.9. The van der Waals surface area contributed by atoms with Crippen LogP contribution >= 0.6 is 11.6 Å². The molecule has 7 heterocycles. The fraction of sp³-hybridized carbons (Fsp3) is 0.341. The molecule has 4 aliphatic rings. The molecule has 4 aliphatic heterocycles. The van der Waals surface area contributed by atoms with Crippen LogP contribution in [0, 0.1) is 18.2 Å². The van der Waals surface area contributed by atoms with Crippen LogP contribution in [0.25, 0.3) is 16.9 Å². The standard InChI is InChI=1S/C41H39ClF3N11O4/c1-22-12-24(14-30(34(22)42)55-10-7-33(57)50-39(55)60)38(59)53-11-8-40(41(44,45)21-53)19-52(20-40)18-23-13-27(43)35(48-16-23)26-4-3-5-29-25(26)6-9-54(29)32-15-28(47-2)37-49-17-31(36(46)58)56(37)51-32/h3-5,12-17,47H,6-11,18-21H2,1-2H3,(H2,46,58)(H,50,57,60). The van der Waals surface area contributed by atoms with Gasteiger partial charge in [-0.2, -0.15) is 0 Å². The number of piperidine rings is 1. The highest BCUT2D eigenvalue weighted by Crippen LogP contribution is 2.51. The number of imide groups is 1. The third-order valence-corrected chi connectivity index (χ3v) is 12.5. The molecule has 3 saturated heterocycles. The SMILES string of the molecule is CNc1cc(N2CCc3c(-c4ncc(CN5CC6(CCN(C(=O)c7cc(C)c(Cl)c(N8CCC(=O)NC8=O)c7)CC6(F)F)C5)cc4F)cccc32)nn2c(C(N)=O)cnc12. The molecular formula is C41H39ClF3N11O4. The lowest BCUT2D eigenvalue weighted by Gasteiger charge is -2.57. The number of nitrogens with one attached hydrogen (secondary N) is 2. The Morgan fingerprint density at radius 3 is 2.48 bits per heavy atom. The number of hydrogen-bond acceptors (Lipinski definition) is 10. The first kappa shape index (κ1) is 39.2. The van der Waals surface area contributed by atoms with E-state index in [4.69, 9.17) is 17.3 Å². The van der Waals surface area contributed by atoms with Crippen molar-refractivity contribution in [1.29, 1.82) is 0 Å². The summed E-state index contributed by atoms with van der Waals surface area (Å²) in [5.74, 6) is -4.91. The van der Waals surface area contributed by atoms with E-state index in [1.807, 2.05) is 34.1 Å². The van der Waals surface area contributed by atoms with E-state index in [2.05, 4.69) is 25.7 Å². The molecule has 9 rings (SSSR count). The van der Waals surface area contributed by atoms with E-state index in [1.165, 1.54) is 33.8 Å². The lowest BCUT2D eigenvalue weighted by Crippen LogP contribution is -2.70. The number of aromatic nitrogens is 4. The number of amides is 5. The number of halogens is 4. The van der Waals surface area contributed by atoms with Gasteiger partial charge in [0.2, 0.25) is 5.91 Å². The number of urea groups is 1. The number of hydrogen-bond donors (Lipinski definition) is 3. The third kappa shape index (κ3) is 6.44. The minimum atomic E-state index is -3.21. The number of benzene rings is 2. The Balaban J connectivity index is 0.869. The molecule has 310 valence electrons. The molecule has 2 aromatic carbocycles. The van der Waals surface area contributed by atoms with Crippen molar-refractivity contribution in [2.45, 2.75) is 38.7 Å². The fourth-order valence-electron chi connectivity index (χ4n) is 8.90. The molecule has 5 amide bonds. The molecule has 0 radical (unpaired) electrons. The molecule has 0 aliphatic carbocycles. The molecule has 0 atom stereocenters. The zero-order valence-electron chi connectivity index (χ0n) is 32.6. The van der Waals surface area contributed by atoms with Crippen molar-refractivity contribution in [2.24, 2.45) is 11.1 Å². The molecule has 19 heteroatoms. The minimum Gasteiger partial charge on any atom is -0.385 e. The van der Waals surface area contributed by atoms with E-state index in [0.717, 1.165) is 16.2 Å². The van der Waals surface area contributed by atoms with E-state index < -0.39 is 47.5 Å². The second-order valence-corrected chi connectivity index (χ2v) is 16.2. The van der Waals surface area contributed by atoms with Gasteiger partial charge in [0.1, 0.15) is 17.2 Å². The van der Waals surface area contributed by atoms with Gasteiger partial charge in [-0.05, 0) is 60.7 Å². The highest BCUT2D eigenvalue weighted by Gasteiger charge is 2.62. The van der Waals surface area contributed by atoms with Crippen LogP contribution < -0.4 is 26.2 Å². The molecule has 0 unspecified atom stereocenters. The van der Waals surface area contributed by atoms with E-state index in [-0.39, 0.29) is 73.2 Å². The van der Waals surface area contributed by atoms with Gasteiger partial charge in [-0.15, -0.1) is 5.10 Å². The van der Waals surface area contributed by atoms with Crippen molar-refractivity contribution >= 4 is 63.9 Å². The van der Waals surface area contributed by atoms with Gasteiger partial charge in [0.25, 0.3) is 17.7 Å².